The monoisotopic (exact) mass is 223 g/mol. The highest BCUT2D eigenvalue weighted by Gasteiger charge is 2.31. The maximum atomic E-state index is 13.0. The number of hydrogen-bond acceptors (Lipinski definition) is 2. The van der Waals surface area contributed by atoms with E-state index in [1.807, 2.05) is 0 Å². The Kier molecular flexibility index (Phi) is 2.92. The second-order valence-corrected chi connectivity index (χ2v) is 2.69. The minimum Gasteiger partial charge on any atom is -0.258 e. The van der Waals surface area contributed by atoms with Gasteiger partial charge < -0.3 is 0 Å². The first kappa shape index (κ1) is 11.4. The lowest BCUT2D eigenvalue weighted by Gasteiger charge is -2.04. The number of hydrogen-bond donors (Lipinski definition) is 0. The van der Waals surface area contributed by atoms with Gasteiger partial charge in [0, 0.05) is 5.56 Å². The first-order valence-corrected chi connectivity index (χ1v) is 3.91. The van der Waals surface area contributed by atoms with Gasteiger partial charge in [-0.25, -0.2) is 8.78 Å². The quantitative estimate of drug-likeness (QED) is 0.335. The van der Waals surface area contributed by atoms with Gasteiger partial charge >= 0.3 is 5.69 Å². The van der Waals surface area contributed by atoms with Crippen molar-refractivity contribution in [2.24, 2.45) is 0 Å². The molecule has 3 nitrogen and oxygen atoms in total. The zero-order valence-electron chi connectivity index (χ0n) is 7.48. The molecule has 0 fully saturated rings. The average molecular weight is 223 g/mol. The highest BCUT2D eigenvalue weighted by Crippen LogP contribution is 2.29. The predicted octanol–water partition coefficient (Wildman–Crippen LogP) is 2.71. The zero-order chi connectivity index (χ0) is 11.7. The van der Waals surface area contributed by atoms with Gasteiger partial charge in [-0.2, -0.15) is 8.78 Å². The molecule has 0 atom stereocenters. The van der Waals surface area contributed by atoms with Crippen LogP contribution in [0, 0.1) is 33.4 Å². The fourth-order valence-corrected chi connectivity index (χ4v) is 1.14. The Morgan fingerprint density at radius 2 is 1.47 bits per heavy atom. The SMILES string of the molecule is CCc1c(F)c(F)c([N+](=O)[O-])c(F)c1F. The van der Waals surface area contributed by atoms with E-state index >= 15 is 0 Å². The Morgan fingerprint density at radius 1 is 1.07 bits per heavy atom. The molecule has 0 bridgehead atoms. The number of nitro benzene ring substituents is 1. The molecular weight excluding hydrogens is 218 g/mol. The van der Waals surface area contributed by atoms with Crippen LogP contribution in [0.3, 0.4) is 0 Å². The largest absolute Gasteiger partial charge is 0.346 e. The lowest BCUT2D eigenvalue weighted by Crippen LogP contribution is -2.07. The lowest BCUT2D eigenvalue weighted by atomic mass is 10.1. The van der Waals surface area contributed by atoms with Crippen LogP contribution in [-0.4, -0.2) is 4.92 Å². The van der Waals surface area contributed by atoms with Crippen LogP contribution in [0.1, 0.15) is 12.5 Å². The van der Waals surface area contributed by atoms with Gasteiger partial charge in [-0.05, 0) is 6.42 Å². The second kappa shape index (κ2) is 3.84. The van der Waals surface area contributed by atoms with Crippen molar-refractivity contribution in [3.8, 4) is 0 Å². The molecule has 1 aromatic rings. The molecule has 0 N–H and O–H groups in total. The van der Waals surface area contributed by atoms with Crippen LogP contribution in [0.2, 0.25) is 0 Å². The Balaban J connectivity index is 3.66. The number of halogens is 4. The van der Waals surface area contributed by atoms with Gasteiger partial charge in [0.05, 0.1) is 4.92 Å². The molecule has 0 aromatic heterocycles. The molecule has 0 unspecified atom stereocenters. The van der Waals surface area contributed by atoms with Gasteiger partial charge in [0.1, 0.15) is 0 Å². The minimum absolute atomic E-state index is 0.302. The predicted molar refractivity (Wildman–Crippen MR) is 42.3 cm³/mol. The van der Waals surface area contributed by atoms with Gasteiger partial charge in [0.2, 0.25) is 11.6 Å². The van der Waals surface area contributed by atoms with Crippen LogP contribution in [0.5, 0.6) is 0 Å². The van der Waals surface area contributed by atoms with Crippen LogP contribution in [0.4, 0.5) is 23.2 Å². The van der Waals surface area contributed by atoms with Crippen LogP contribution < -0.4 is 0 Å². The van der Waals surface area contributed by atoms with Crippen molar-refractivity contribution in [1.82, 2.24) is 0 Å². The number of nitrogens with zero attached hydrogens (tertiary/aromatic N) is 1. The smallest absolute Gasteiger partial charge is 0.258 e. The summed E-state index contributed by atoms with van der Waals surface area (Å²) < 4.78 is 51.8. The van der Waals surface area contributed by atoms with Crippen molar-refractivity contribution in [3.05, 3.63) is 38.9 Å². The number of nitro groups is 1. The van der Waals surface area contributed by atoms with Gasteiger partial charge in [-0.15, -0.1) is 0 Å². The second-order valence-electron chi connectivity index (χ2n) is 2.69. The first-order valence-electron chi connectivity index (χ1n) is 3.91. The third-order valence-corrected chi connectivity index (χ3v) is 1.87. The molecule has 0 spiro atoms. The summed E-state index contributed by atoms with van der Waals surface area (Å²) in [5.74, 6) is -7.39. The molecule has 0 amide bonds. The first-order chi connectivity index (χ1) is 6.91. The summed E-state index contributed by atoms with van der Waals surface area (Å²) in [6.07, 6.45) is -0.302. The Labute approximate surface area is 81.5 Å². The van der Waals surface area contributed by atoms with E-state index in [9.17, 15) is 27.7 Å². The van der Waals surface area contributed by atoms with Crippen molar-refractivity contribution in [2.75, 3.05) is 0 Å². The van der Waals surface area contributed by atoms with Crippen LogP contribution in [0.25, 0.3) is 0 Å². The van der Waals surface area contributed by atoms with Crippen molar-refractivity contribution in [1.29, 1.82) is 0 Å². The molecular formula is C8H5F4NO2. The molecule has 0 aliphatic rings. The highest BCUT2D eigenvalue weighted by molar-refractivity contribution is 5.39. The summed E-state index contributed by atoms with van der Waals surface area (Å²) in [4.78, 5) is 8.64. The Morgan fingerprint density at radius 3 is 1.73 bits per heavy atom. The maximum absolute atomic E-state index is 13.0. The fraction of sp³-hybridized carbons (Fsp3) is 0.250. The van der Waals surface area contributed by atoms with Gasteiger partial charge in [-0.3, -0.25) is 10.1 Å². The van der Waals surface area contributed by atoms with E-state index in [1.165, 1.54) is 6.92 Å². The van der Waals surface area contributed by atoms with E-state index in [0.717, 1.165) is 0 Å². The average Bonchev–Trinajstić information content (AvgIpc) is 2.16. The van der Waals surface area contributed by atoms with E-state index in [4.69, 9.17) is 0 Å². The molecule has 0 radical (unpaired) electrons. The normalized spacial score (nSPS) is 10.5. The third kappa shape index (κ3) is 1.64. The van der Waals surface area contributed by atoms with E-state index in [1.54, 1.807) is 0 Å². The molecule has 0 heterocycles. The molecule has 1 aromatic carbocycles. The minimum atomic E-state index is -1.98. The molecule has 15 heavy (non-hydrogen) atoms. The van der Waals surface area contributed by atoms with Crippen molar-refractivity contribution < 1.29 is 22.5 Å². The molecule has 7 heteroatoms. The molecule has 0 saturated heterocycles. The van der Waals surface area contributed by atoms with Crippen molar-refractivity contribution in [3.63, 3.8) is 0 Å². The van der Waals surface area contributed by atoms with Crippen molar-refractivity contribution in [2.45, 2.75) is 13.3 Å². The van der Waals surface area contributed by atoms with E-state index in [0.29, 0.717) is 0 Å². The standard InChI is InChI=1S/C8H5F4NO2/c1-2-3-4(9)6(11)8(13(14)15)7(12)5(3)10/h2H2,1H3. The van der Waals surface area contributed by atoms with Crippen molar-refractivity contribution >= 4 is 5.69 Å². The Bertz CT molecular complexity index is 404. The Hall–Kier alpha value is -1.66. The van der Waals surface area contributed by atoms with Crippen LogP contribution >= 0.6 is 0 Å². The van der Waals surface area contributed by atoms with E-state index in [2.05, 4.69) is 0 Å². The number of benzene rings is 1. The van der Waals surface area contributed by atoms with E-state index < -0.39 is 39.4 Å². The summed E-state index contributed by atoms with van der Waals surface area (Å²) in [6, 6.07) is 0. The highest BCUT2D eigenvalue weighted by atomic mass is 19.2. The summed E-state index contributed by atoms with van der Waals surface area (Å²) in [5.41, 5.74) is -2.64. The van der Waals surface area contributed by atoms with E-state index in [-0.39, 0.29) is 6.42 Å². The fourth-order valence-electron chi connectivity index (χ4n) is 1.14. The third-order valence-electron chi connectivity index (χ3n) is 1.87. The molecule has 0 saturated carbocycles. The maximum Gasteiger partial charge on any atom is 0.346 e. The molecule has 0 aliphatic carbocycles. The van der Waals surface area contributed by atoms with Gasteiger partial charge in [0.25, 0.3) is 0 Å². The summed E-state index contributed by atoms with van der Waals surface area (Å²) in [5, 5.41) is 10.1. The summed E-state index contributed by atoms with van der Waals surface area (Å²) in [6.45, 7) is 1.27. The molecule has 1 rings (SSSR count). The zero-order valence-corrected chi connectivity index (χ0v) is 7.48. The van der Waals surface area contributed by atoms with Crippen LogP contribution in [-0.2, 0) is 6.42 Å². The van der Waals surface area contributed by atoms with Crippen LogP contribution in [0.15, 0.2) is 0 Å². The van der Waals surface area contributed by atoms with Gasteiger partial charge in [-0.1, -0.05) is 6.92 Å². The summed E-state index contributed by atoms with van der Waals surface area (Å²) >= 11 is 0. The number of rotatable bonds is 2. The molecule has 82 valence electrons. The summed E-state index contributed by atoms with van der Waals surface area (Å²) in [7, 11) is 0. The topological polar surface area (TPSA) is 43.1 Å². The lowest BCUT2D eigenvalue weighted by molar-refractivity contribution is -0.390. The molecule has 0 aliphatic heterocycles. The van der Waals surface area contributed by atoms with Gasteiger partial charge in [0.15, 0.2) is 11.6 Å².